The molecule has 0 saturated heterocycles. The van der Waals surface area contributed by atoms with Crippen LogP contribution < -0.4 is 9.47 Å². The zero-order valence-electron chi connectivity index (χ0n) is 8.74. The Bertz CT molecular complexity index is 340. The van der Waals surface area contributed by atoms with Gasteiger partial charge in [0.05, 0.1) is 6.10 Å². The first-order valence-corrected chi connectivity index (χ1v) is 4.61. The SMILES string of the molecule is CC(O)c1cc(OC(F)F)cc(OC(F)F)c1. The Kier molecular flexibility index (Phi) is 4.56. The smallest absolute Gasteiger partial charge is 0.387 e. The number of ether oxygens (including phenoxy) is 2. The molecule has 0 aliphatic heterocycles. The third kappa shape index (κ3) is 4.48. The van der Waals surface area contributed by atoms with Crippen LogP contribution in [0.3, 0.4) is 0 Å². The summed E-state index contributed by atoms with van der Waals surface area (Å²) >= 11 is 0. The zero-order valence-corrected chi connectivity index (χ0v) is 8.74. The molecule has 0 amide bonds. The molecular weight excluding hydrogens is 244 g/mol. The van der Waals surface area contributed by atoms with E-state index in [2.05, 4.69) is 9.47 Å². The number of benzene rings is 1. The van der Waals surface area contributed by atoms with E-state index in [1.54, 1.807) is 0 Å². The molecule has 0 radical (unpaired) electrons. The highest BCUT2D eigenvalue weighted by molar-refractivity contribution is 5.39. The molecule has 0 aliphatic rings. The summed E-state index contributed by atoms with van der Waals surface area (Å²) in [7, 11) is 0. The summed E-state index contributed by atoms with van der Waals surface area (Å²) in [4.78, 5) is 0. The third-order valence-corrected chi connectivity index (χ3v) is 1.84. The first-order valence-electron chi connectivity index (χ1n) is 4.61. The fraction of sp³-hybridized carbons (Fsp3) is 0.400. The monoisotopic (exact) mass is 254 g/mol. The summed E-state index contributed by atoms with van der Waals surface area (Å²) in [5.74, 6) is -0.705. The van der Waals surface area contributed by atoms with E-state index in [1.165, 1.54) is 6.92 Å². The van der Waals surface area contributed by atoms with Gasteiger partial charge in [-0.25, -0.2) is 0 Å². The van der Waals surface area contributed by atoms with E-state index in [-0.39, 0.29) is 17.1 Å². The molecule has 96 valence electrons. The normalized spacial score (nSPS) is 12.9. The van der Waals surface area contributed by atoms with E-state index in [4.69, 9.17) is 0 Å². The van der Waals surface area contributed by atoms with Crippen molar-refractivity contribution in [3.8, 4) is 11.5 Å². The number of hydrogen-bond donors (Lipinski definition) is 1. The number of aliphatic hydroxyl groups excluding tert-OH is 1. The highest BCUT2D eigenvalue weighted by Crippen LogP contribution is 2.28. The second kappa shape index (κ2) is 5.72. The van der Waals surface area contributed by atoms with Gasteiger partial charge in [-0.05, 0) is 24.6 Å². The molecule has 3 nitrogen and oxygen atoms in total. The molecule has 0 saturated carbocycles. The molecular formula is C10H10F4O3. The van der Waals surface area contributed by atoms with Crippen molar-refractivity contribution in [3.05, 3.63) is 23.8 Å². The molecule has 7 heteroatoms. The Labute approximate surface area is 94.6 Å². The predicted molar refractivity (Wildman–Crippen MR) is 50.3 cm³/mol. The van der Waals surface area contributed by atoms with Gasteiger partial charge in [0.1, 0.15) is 11.5 Å². The van der Waals surface area contributed by atoms with Crippen LogP contribution in [0, 0.1) is 0 Å². The van der Waals surface area contributed by atoms with Gasteiger partial charge in [0.25, 0.3) is 0 Å². The molecule has 0 bridgehead atoms. The van der Waals surface area contributed by atoms with Gasteiger partial charge in [-0.3, -0.25) is 0 Å². The first kappa shape index (κ1) is 13.6. The standard InChI is InChI=1S/C10H10F4O3/c1-5(15)6-2-7(16-9(11)12)4-8(3-6)17-10(13)14/h2-5,9-10,15H,1H3. The van der Waals surface area contributed by atoms with E-state index < -0.39 is 19.3 Å². The number of rotatable bonds is 5. The van der Waals surface area contributed by atoms with Gasteiger partial charge in [0, 0.05) is 6.07 Å². The van der Waals surface area contributed by atoms with E-state index in [0.717, 1.165) is 18.2 Å². The van der Waals surface area contributed by atoms with Crippen molar-refractivity contribution in [1.29, 1.82) is 0 Å². The Morgan fingerprint density at radius 1 is 0.941 bits per heavy atom. The molecule has 0 spiro atoms. The quantitative estimate of drug-likeness (QED) is 0.821. The van der Waals surface area contributed by atoms with Gasteiger partial charge in [-0.1, -0.05) is 0 Å². The number of halogens is 4. The molecule has 0 aliphatic carbocycles. The van der Waals surface area contributed by atoms with Crippen molar-refractivity contribution in [3.63, 3.8) is 0 Å². The first-order chi connectivity index (χ1) is 7.88. The zero-order chi connectivity index (χ0) is 13.0. The fourth-order valence-corrected chi connectivity index (χ4v) is 1.18. The lowest BCUT2D eigenvalue weighted by Crippen LogP contribution is -2.06. The van der Waals surface area contributed by atoms with Crippen molar-refractivity contribution < 1.29 is 32.1 Å². The van der Waals surface area contributed by atoms with Gasteiger partial charge in [0.2, 0.25) is 0 Å². The van der Waals surface area contributed by atoms with E-state index in [9.17, 15) is 22.7 Å². The second-order valence-corrected chi connectivity index (χ2v) is 3.17. The van der Waals surface area contributed by atoms with Crippen LogP contribution in [0.25, 0.3) is 0 Å². The highest BCUT2D eigenvalue weighted by atomic mass is 19.3. The minimum absolute atomic E-state index is 0.138. The lowest BCUT2D eigenvalue weighted by atomic mass is 10.1. The molecule has 17 heavy (non-hydrogen) atoms. The Hall–Kier alpha value is -1.50. The second-order valence-electron chi connectivity index (χ2n) is 3.17. The maximum atomic E-state index is 12.0. The van der Waals surface area contributed by atoms with Crippen LogP contribution in [-0.2, 0) is 0 Å². The van der Waals surface area contributed by atoms with Crippen molar-refractivity contribution in [2.75, 3.05) is 0 Å². The van der Waals surface area contributed by atoms with Crippen LogP contribution in [0.5, 0.6) is 11.5 Å². The molecule has 1 aromatic carbocycles. The van der Waals surface area contributed by atoms with Crippen LogP contribution in [0.15, 0.2) is 18.2 Å². The molecule has 1 N–H and O–H groups in total. The minimum atomic E-state index is -3.08. The summed E-state index contributed by atoms with van der Waals surface area (Å²) < 4.78 is 56.0. The van der Waals surface area contributed by atoms with Gasteiger partial charge in [-0.2, -0.15) is 17.6 Å². The number of alkyl halides is 4. The summed E-state index contributed by atoms with van der Waals surface area (Å²) in [6.45, 7) is -4.81. The maximum Gasteiger partial charge on any atom is 0.387 e. The van der Waals surface area contributed by atoms with E-state index in [0.29, 0.717) is 0 Å². The lowest BCUT2D eigenvalue weighted by Gasteiger charge is -2.12. The summed E-state index contributed by atoms with van der Waals surface area (Å²) in [6, 6.07) is 3.13. The van der Waals surface area contributed by atoms with E-state index in [1.807, 2.05) is 0 Å². The lowest BCUT2D eigenvalue weighted by molar-refractivity contribution is -0.0545. The summed E-state index contributed by atoms with van der Waals surface area (Å²) in [5, 5.41) is 9.25. The maximum absolute atomic E-state index is 12.0. The summed E-state index contributed by atoms with van der Waals surface area (Å²) in [6.07, 6.45) is -1.02. The number of aliphatic hydroxyl groups is 1. The van der Waals surface area contributed by atoms with Crippen LogP contribution in [0.4, 0.5) is 17.6 Å². The van der Waals surface area contributed by atoms with Gasteiger partial charge < -0.3 is 14.6 Å². The Morgan fingerprint density at radius 2 is 1.35 bits per heavy atom. The average Bonchev–Trinajstić information content (AvgIpc) is 2.14. The average molecular weight is 254 g/mol. The highest BCUT2D eigenvalue weighted by Gasteiger charge is 2.13. The van der Waals surface area contributed by atoms with Crippen molar-refractivity contribution in [2.45, 2.75) is 26.3 Å². The van der Waals surface area contributed by atoms with Crippen LogP contribution >= 0.6 is 0 Å². The fourth-order valence-electron chi connectivity index (χ4n) is 1.18. The Balaban J connectivity index is 3.00. The Morgan fingerprint density at radius 3 is 1.65 bits per heavy atom. The van der Waals surface area contributed by atoms with Gasteiger partial charge in [-0.15, -0.1) is 0 Å². The van der Waals surface area contributed by atoms with Crippen molar-refractivity contribution in [1.82, 2.24) is 0 Å². The van der Waals surface area contributed by atoms with Gasteiger partial charge >= 0.3 is 13.2 Å². The van der Waals surface area contributed by atoms with E-state index >= 15 is 0 Å². The molecule has 0 aromatic heterocycles. The third-order valence-electron chi connectivity index (χ3n) is 1.84. The molecule has 1 aromatic rings. The molecule has 1 rings (SSSR count). The van der Waals surface area contributed by atoms with Gasteiger partial charge in [0.15, 0.2) is 0 Å². The predicted octanol–water partition coefficient (Wildman–Crippen LogP) is 2.94. The molecule has 1 unspecified atom stereocenters. The van der Waals surface area contributed by atoms with Crippen LogP contribution in [0.1, 0.15) is 18.6 Å². The number of hydrogen-bond acceptors (Lipinski definition) is 3. The van der Waals surface area contributed by atoms with Crippen molar-refractivity contribution >= 4 is 0 Å². The topological polar surface area (TPSA) is 38.7 Å². The van der Waals surface area contributed by atoms with Crippen molar-refractivity contribution in [2.24, 2.45) is 0 Å². The van der Waals surface area contributed by atoms with Crippen LogP contribution in [0.2, 0.25) is 0 Å². The molecule has 0 heterocycles. The molecule has 0 fully saturated rings. The summed E-state index contributed by atoms with van der Waals surface area (Å²) in [5.41, 5.74) is 0.138. The van der Waals surface area contributed by atoms with Crippen LogP contribution in [-0.4, -0.2) is 18.3 Å². The molecule has 1 atom stereocenters. The largest absolute Gasteiger partial charge is 0.435 e. The minimum Gasteiger partial charge on any atom is -0.435 e.